The third-order valence-corrected chi connectivity index (χ3v) is 4.56. The van der Waals surface area contributed by atoms with Gasteiger partial charge in [-0.25, -0.2) is 9.07 Å². The van der Waals surface area contributed by atoms with Crippen LogP contribution in [0.15, 0.2) is 46.6 Å². The van der Waals surface area contributed by atoms with Crippen LogP contribution in [0.25, 0.3) is 15.7 Å². The Morgan fingerprint density at radius 2 is 1.95 bits per heavy atom. The summed E-state index contributed by atoms with van der Waals surface area (Å²) in [5.41, 5.74) is 2.33. The van der Waals surface area contributed by atoms with E-state index < -0.39 is 0 Å². The third-order valence-electron chi connectivity index (χ3n) is 3.71. The molecule has 0 saturated heterocycles. The first-order valence-electron chi connectivity index (χ1n) is 6.84. The van der Waals surface area contributed by atoms with E-state index in [0.29, 0.717) is 12.1 Å². The minimum Gasteiger partial charge on any atom is -0.291 e. The third kappa shape index (κ3) is 1.95. The summed E-state index contributed by atoms with van der Waals surface area (Å²) < 4.78 is 17.4. The van der Waals surface area contributed by atoms with Crippen molar-refractivity contribution in [3.63, 3.8) is 0 Å². The lowest BCUT2D eigenvalue weighted by Crippen LogP contribution is -2.26. The molecule has 0 aliphatic rings. The van der Waals surface area contributed by atoms with E-state index in [1.807, 2.05) is 28.8 Å². The Kier molecular flexibility index (Phi) is 2.87. The lowest BCUT2D eigenvalue weighted by atomic mass is 10.2. The molecule has 0 spiro atoms. The van der Waals surface area contributed by atoms with Gasteiger partial charge in [-0.05, 0) is 42.1 Å². The van der Waals surface area contributed by atoms with Gasteiger partial charge in [-0.1, -0.05) is 12.1 Å². The quantitative estimate of drug-likeness (QED) is 0.570. The van der Waals surface area contributed by atoms with E-state index >= 15 is 0 Å². The smallest absolute Gasteiger partial charge is 0.291 e. The summed E-state index contributed by atoms with van der Waals surface area (Å²) in [4.78, 5) is 12.6. The molecule has 0 aliphatic carbocycles. The van der Waals surface area contributed by atoms with Crippen molar-refractivity contribution in [2.75, 3.05) is 0 Å². The fraction of sp³-hybridized carbons (Fsp3) is 0.125. The molecule has 3 aromatic heterocycles. The van der Waals surface area contributed by atoms with E-state index in [-0.39, 0.29) is 11.4 Å². The minimum atomic E-state index is -0.289. The summed E-state index contributed by atoms with van der Waals surface area (Å²) >= 11 is 1.60. The van der Waals surface area contributed by atoms with Crippen LogP contribution in [0.5, 0.6) is 0 Å². The van der Waals surface area contributed by atoms with Gasteiger partial charge in [-0.15, -0.1) is 11.3 Å². The number of fused-ring (bicyclic) bond motifs is 3. The molecular formula is C16H12FN3OS. The molecule has 0 saturated carbocycles. The van der Waals surface area contributed by atoms with Crippen molar-refractivity contribution in [2.45, 2.75) is 13.5 Å². The van der Waals surface area contributed by atoms with Gasteiger partial charge in [0.1, 0.15) is 17.2 Å². The van der Waals surface area contributed by atoms with Gasteiger partial charge >= 0.3 is 0 Å². The first-order chi connectivity index (χ1) is 10.6. The zero-order valence-electron chi connectivity index (χ0n) is 11.8. The number of rotatable bonds is 2. The lowest BCUT2D eigenvalue weighted by Gasteiger charge is -2.08. The van der Waals surface area contributed by atoms with Gasteiger partial charge < -0.3 is 0 Å². The zero-order valence-corrected chi connectivity index (χ0v) is 12.6. The number of nitrogens with zero attached hydrogens (tertiary/aromatic N) is 3. The Morgan fingerprint density at radius 3 is 2.73 bits per heavy atom. The number of aryl methyl sites for hydroxylation is 1. The molecule has 22 heavy (non-hydrogen) atoms. The number of thiophene rings is 1. The Labute approximate surface area is 129 Å². The molecule has 110 valence electrons. The summed E-state index contributed by atoms with van der Waals surface area (Å²) in [6.07, 6.45) is 0. The number of halogens is 1. The molecule has 4 nitrogen and oxygen atoms in total. The maximum absolute atomic E-state index is 13.0. The first kappa shape index (κ1) is 13.2. The fourth-order valence-corrected chi connectivity index (χ4v) is 3.50. The average Bonchev–Trinajstić information content (AvgIpc) is 3.07. The van der Waals surface area contributed by atoms with Crippen LogP contribution in [-0.2, 0) is 6.54 Å². The van der Waals surface area contributed by atoms with Crippen molar-refractivity contribution in [2.24, 2.45) is 0 Å². The van der Waals surface area contributed by atoms with Crippen LogP contribution in [0.2, 0.25) is 0 Å². The minimum absolute atomic E-state index is 0.140. The molecule has 0 N–H and O–H groups in total. The highest BCUT2D eigenvalue weighted by atomic mass is 32.1. The Bertz CT molecular complexity index is 1040. The maximum Gasteiger partial charge on any atom is 0.291 e. The predicted octanol–water partition coefficient (Wildman–Crippen LogP) is 3.21. The standard InChI is InChI=1S/C16H12FN3OS/c1-10-18-19(9-11-2-4-12(17)5-3-11)16(21)14-8-15-13(20(10)14)6-7-22-15/h2-8H,9H2,1H3. The molecule has 0 bridgehead atoms. The van der Waals surface area contributed by atoms with Crippen LogP contribution < -0.4 is 5.56 Å². The van der Waals surface area contributed by atoms with Crippen molar-refractivity contribution in [1.82, 2.24) is 14.2 Å². The van der Waals surface area contributed by atoms with Gasteiger partial charge in [0, 0.05) is 0 Å². The normalized spacial score (nSPS) is 11.5. The van der Waals surface area contributed by atoms with Gasteiger partial charge in [0.2, 0.25) is 0 Å². The highest BCUT2D eigenvalue weighted by Gasteiger charge is 2.13. The van der Waals surface area contributed by atoms with Crippen molar-refractivity contribution >= 4 is 27.1 Å². The molecule has 4 aromatic rings. The molecule has 0 fully saturated rings. The molecule has 0 atom stereocenters. The second-order valence-corrected chi connectivity index (χ2v) is 6.12. The van der Waals surface area contributed by atoms with E-state index in [1.165, 1.54) is 16.8 Å². The van der Waals surface area contributed by atoms with Crippen LogP contribution in [0.3, 0.4) is 0 Å². The van der Waals surface area contributed by atoms with Crippen LogP contribution in [0.1, 0.15) is 11.4 Å². The number of benzene rings is 1. The van der Waals surface area contributed by atoms with Crippen molar-refractivity contribution < 1.29 is 4.39 Å². The molecule has 4 rings (SSSR count). The van der Waals surface area contributed by atoms with E-state index in [9.17, 15) is 9.18 Å². The van der Waals surface area contributed by atoms with Gasteiger partial charge in [-0.3, -0.25) is 9.20 Å². The summed E-state index contributed by atoms with van der Waals surface area (Å²) in [7, 11) is 0. The molecule has 0 radical (unpaired) electrons. The SMILES string of the molecule is Cc1nn(Cc2ccc(F)cc2)c(=O)c2cc3sccc3n12. The zero-order chi connectivity index (χ0) is 15.3. The second kappa shape index (κ2) is 4.78. The van der Waals surface area contributed by atoms with E-state index in [1.54, 1.807) is 23.5 Å². The highest BCUT2D eigenvalue weighted by molar-refractivity contribution is 7.17. The molecule has 6 heteroatoms. The van der Waals surface area contributed by atoms with Crippen LogP contribution in [0, 0.1) is 12.7 Å². The van der Waals surface area contributed by atoms with Crippen LogP contribution >= 0.6 is 11.3 Å². The fourth-order valence-electron chi connectivity index (χ4n) is 2.70. The molecule has 0 unspecified atom stereocenters. The topological polar surface area (TPSA) is 39.3 Å². The largest absolute Gasteiger partial charge is 0.291 e. The number of hydrogen-bond donors (Lipinski definition) is 0. The average molecular weight is 313 g/mol. The van der Waals surface area contributed by atoms with Crippen molar-refractivity contribution in [3.8, 4) is 0 Å². The summed E-state index contributed by atoms with van der Waals surface area (Å²) in [6.45, 7) is 2.21. The lowest BCUT2D eigenvalue weighted by molar-refractivity contribution is 0.607. The predicted molar refractivity (Wildman–Crippen MR) is 85.1 cm³/mol. The number of aromatic nitrogens is 3. The summed E-state index contributed by atoms with van der Waals surface area (Å²) in [5.74, 6) is 0.465. The van der Waals surface area contributed by atoms with E-state index in [0.717, 1.165) is 21.6 Å². The Balaban J connectivity index is 1.89. The number of hydrogen-bond acceptors (Lipinski definition) is 3. The van der Waals surface area contributed by atoms with Crippen LogP contribution in [-0.4, -0.2) is 14.2 Å². The van der Waals surface area contributed by atoms with Gasteiger partial charge in [-0.2, -0.15) is 5.10 Å². The molecule has 0 amide bonds. The van der Waals surface area contributed by atoms with Crippen LogP contribution in [0.4, 0.5) is 4.39 Å². The first-order valence-corrected chi connectivity index (χ1v) is 7.72. The summed E-state index contributed by atoms with van der Waals surface area (Å²) in [5, 5.41) is 6.40. The maximum atomic E-state index is 13.0. The molecular weight excluding hydrogens is 301 g/mol. The highest BCUT2D eigenvalue weighted by Crippen LogP contribution is 2.24. The Morgan fingerprint density at radius 1 is 1.18 bits per heavy atom. The monoisotopic (exact) mass is 313 g/mol. The van der Waals surface area contributed by atoms with Gasteiger partial charge in [0.25, 0.3) is 5.56 Å². The van der Waals surface area contributed by atoms with Gasteiger partial charge in [0.15, 0.2) is 0 Å². The summed E-state index contributed by atoms with van der Waals surface area (Å²) in [6, 6.07) is 10.0. The van der Waals surface area contributed by atoms with E-state index in [2.05, 4.69) is 5.10 Å². The van der Waals surface area contributed by atoms with E-state index in [4.69, 9.17) is 0 Å². The molecule has 0 aliphatic heterocycles. The van der Waals surface area contributed by atoms with Crippen molar-refractivity contribution in [1.29, 1.82) is 0 Å². The van der Waals surface area contributed by atoms with Crippen molar-refractivity contribution in [3.05, 3.63) is 69.3 Å². The second-order valence-electron chi connectivity index (χ2n) is 5.17. The van der Waals surface area contributed by atoms with Gasteiger partial charge in [0.05, 0.1) is 16.8 Å². The molecule has 1 aromatic carbocycles. The molecule has 3 heterocycles. The Hall–Kier alpha value is -2.47.